The van der Waals surface area contributed by atoms with Crippen LogP contribution in [0.3, 0.4) is 0 Å². The molecule has 3 rings (SSSR count). The van der Waals surface area contributed by atoms with Gasteiger partial charge in [0.05, 0.1) is 12.9 Å². The first-order valence-corrected chi connectivity index (χ1v) is 12.9. The van der Waals surface area contributed by atoms with E-state index in [1.807, 2.05) is 68.4 Å². The van der Waals surface area contributed by atoms with Gasteiger partial charge in [-0.2, -0.15) is 8.42 Å². The molecule has 3 aromatic carbocycles. The van der Waals surface area contributed by atoms with E-state index < -0.39 is 10.1 Å². The maximum absolute atomic E-state index is 11.7. The van der Waals surface area contributed by atoms with Crippen molar-refractivity contribution in [1.82, 2.24) is 5.32 Å². The number of aryl methyl sites for hydroxylation is 2. The van der Waals surface area contributed by atoms with Crippen LogP contribution in [0.2, 0.25) is 0 Å². The fraction of sp³-hybridized carbons (Fsp3) is 0.333. The topological polar surface area (TPSA) is 73.9 Å². The van der Waals surface area contributed by atoms with Gasteiger partial charge in [0.1, 0.15) is 11.5 Å². The molecule has 0 bridgehead atoms. The van der Waals surface area contributed by atoms with E-state index in [1.165, 1.54) is 0 Å². The average Bonchev–Trinajstić information content (AvgIpc) is 2.74. The average molecular weight is 484 g/mol. The molecular formula is C27H33NO5S. The molecular weight excluding hydrogens is 450 g/mol. The van der Waals surface area contributed by atoms with E-state index in [9.17, 15) is 8.42 Å². The van der Waals surface area contributed by atoms with E-state index in [2.05, 4.69) is 26.1 Å². The Labute approximate surface area is 203 Å². The predicted octanol–water partition coefficient (Wildman–Crippen LogP) is 6.25. The SMILES string of the molecule is Cc1ccc(Oc2ccc(COS(C)(=O)=O)c(CNC(C)(C)C)c2Oc2ccc(C)cc2)cc1. The smallest absolute Gasteiger partial charge is 0.264 e. The lowest BCUT2D eigenvalue weighted by Crippen LogP contribution is -2.35. The minimum absolute atomic E-state index is 0.102. The van der Waals surface area contributed by atoms with E-state index >= 15 is 0 Å². The molecule has 0 aliphatic heterocycles. The van der Waals surface area contributed by atoms with Crippen molar-refractivity contribution in [3.63, 3.8) is 0 Å². The maximum atomic E-state index is 11.7. The van der Waals surface area contributed by atoms with Gasteiger partial charge in [-0.15, -0.1) is 0 Å². The molecule has 0 fully saturated rings. The Morgan fingerprint density at radius 1 is 0.794 bits per heavy atom. The molecule has 34 heavy (non-hydrogen) atoms. The van der Waals surface area contributed by atoms with Gasteiger partial charge in [-0.3, -0.25) is 4.18 Å². The van der Waals surface area contributed by atoms with Crippen molar-refractivity contribution < 1.29 is 22.1 Å². The van der Waals surface area contributed by atoms with Gasteiger partial charge in [0, 0.05) is 17.6 Å². The van der Waals surface area contributed by atoms with E-state index in [4.69, 9.17) is 13.7 Å². The summed E-state index contributed by atoms with van der Waals surface area (Å²) in [6.07, 6.45) is 1.04. The zero-order valence-electron chi connectivity index (χ0n) is 20.6. The van der Waals surface area contributed by atoms with Gasteiger partial charge in [0.15, 0.2) is 11.5 Å². The van der Waals surface area contributed by atoms with Gasteiger partial charge in [-0.1, -0.05) is 41.5 Å². The summed E-state index contributed by atoms with van der Waals surface area (Å²) in [4.78, 5) is 0. The lowest BCUT2D eigenvalue weighted by molar-refractivity contribution is 0.307. The second kappa shape index (κ2) is 10.6. The normalized spacial score (nSPS) is 11.9. The molecule has 0 aliphatic carbocycles. The Kier molecular flexibility index (Phi) is 8.02. The molecule has 6 nitrogen and oxygen atoms in total. The number of nitrogens with one attached hydrogen (secondary N) is 1. The molecule has 0 aliphatic rings. The molecule has 0 spiro atoms. The number of ether oxygens (including phenoxy) is 2. The van der Waals surface area contributed by atoms with Crippen LogP contribution in [0.15, 0.2) is 60.7 Å². The molecule has 0 amide bonds. The highest BCUT2D eigenvalue weighted by Crippen LogP contribution is 2.40. The summed E-state index contributed by atoms with van der Waals surface area (Å²) in [5.74, 6) is 2.36. The number of hydrogen-bond acceptors (Lipinski definition) is 6. The zero-order valence-corrected chi connectivity index (χ0v) is 21.5. The van der Waals surface area contributed by atoms with Gasteiger partial charge in [-0.25, -0.2) is 0 Å². The quantitative estimate of drug-likeness (QED) is 0.363. The minimum atomic E-state index is -3.61. The van der Waals surface area contributed by atoms with Crippen LogP contribution >= 0.6 is 0 Å². The molecule has 7 heteroatoms. The van der Waals surface area contributed by atoms with Crippen molar-refractivity contribution in [2.45, 2.75) is 53.3 Å². The number of hydrogen-bond donors (Lipinski definition) is 1. The lowest BCUT2D eigenvalue weighted by Gasteiger charge is -2.24. The van der Waals surface area contributed by atoms with E-state index in [-0.39, 0.29) is 12.1 Å². The molecule has 0 saturated carbocycles. The van der Waals surface area contributed by atoms with Crippen molar-refractivity contribution in [2.24, 2.45) is 0 Å². The van der Waals surface area contributed by atoms with Crippen LogP contribution in [0.25, 0.3) is 0 Å². The number of rotatable bonds is 9. The van der Waals surface area contributed by atoms with Crippen LogP contribution < -0.4 is 14.8 Å². The molecule has 0 unspecified atom stereocenters. The first-order chi connectivity index (χ1) is 15.9. The Morgan fingerprint density at radius 3 is 1.82 bits per heavy atom. The van der Waals surface area contributed by atoms with Crippen LogP contribution in [0.4, 0.5) is 0 Å². The van der Waals surface area contributed by atoms with Crippen LogP contribution in [0.5, 0.6) is 23.0 Å². The number of benzene rings is 3. The molecule has 0 heterocycles. The van der Waals surface area contributed by atoms with Crippen molar-refractivity contribution in [3.8, 4) is 23.0 Å². The van der Waals surface area contributed by atoms with Gasteiger partial charge >= 0.3 is 0 Å². The second-order valence-electron chi connectivity index (χ2n) is 9.43. The summed E-state index contributed by atoms with van der Waals surface area (Å²) in [7, 11) is -3.61. The summed E-state index contributed by atoms with van der Waals surface area (Å²) < 4.78 is 41.1. The third kappa shape index (κ3) is 7.87. The highest BCUT2D eigenvalue weighted by Gasteiger charge is 2.21. The summed E-state index contributed by atoms with van der Waals surface area (Å²) >= 11 is 0. The molecule has 0 aromatic heterocycles. The first-order valence-electron chi connectivity index (χ1n) is 11.1. The zero-order chi connectivity index (χ0) is 24.9. The van der Waals surface area contributed by atoms with Crippen molar-refractivity contribution >= 4 is 10.1 Å². The van der Waals surface area contributed by atoms with Gasteiger partial charge in [0.25, 0.3) is 10.1 Å². The van der Waals surface area contributed by atoms with E-state index in [0.717, 1.165) is 22.9 Å². The van der Waals surface area contributed by atoms with Crippen LogP contribution in [-0.2, 0) is 27.5 Å². The molecule has 0 atom stereocenters. The van der Waals surface area contributed by atoms with Crippen LogP contribution in [0.1, 0.15) is 43.0 Å². The third-order valence-corrected chi connectivity index (χ3v) is 5.58. The van der Waals surface area contributed by atoms with Crippen molar-refractivity contribution in [2.75, 3.05) is 6.26 Å². The van der Waals surface area contributed by atoms with Crippen LogP contribution in [-0.4, -0.2) is 20.2 Å². The highest BCUT2D eigenvalue weighted by molar-refractivity contribution is 7.85. The van der Waals surface area contributed by atoms with E-state index in [1.54, 1.807) is 6.07 Å². The second-order valence-corrected chi connectivity index (χ2v) is 11.1. The molecule has 0 radical (unpaired) electrons. The predicted molar refractivity (Wildman–Crippen MR) is 135 cm³/mol. The lowest BCUT2D eigenvalue weighted by atomic mass is 10.0. The minimum Gasteiger partial charge on any atom is -0.453 e. The van der Waals surface area contributed by atoms with Crippen molar-refractivity contribution in [1.29, 1.82) is 0 Å². The Balaban J connectivity index is 2.10. The fourth-order valence-corrected chi connectivity index (χ4v) is 3.49. The molecule has 182 valence electrons. The standard InChI is InChI=1S/C27H33NO5S/c1-19-7-12-22(13-8-19)32-25-16-11-21(18-31-34(6,29)30)24(17-28-27(3,4)5)26(25)33-23-14-9-20(2)10-15-23/h7-16,28H,17-18H2,1-6H3. The van der Waals surface area contributed by atoms with Gasteiger partial charge in [0.2, 0.25) is 0 Å². The Morgan fingerprint density at radius 2 is 1.32 bits per heavy atom. The monoisotopic (exact) mass is 483 g/mol. The highest BCUT2D eigenvalue weighted by atomic mass is 32.2. The van der Waals surface area contributed by atoms with Gasteiger partial charge in [-0.05, 0) is 70.5 Å². The fourth-order valence-electron chi connectivity index (χ4n) is 3.15. The largest absolute Gasteiger partial charge is 0.453 e. The van der Waals surface area contributed by atoms with Gasteiger partial charge < -0.3 is 14.8 Å². The summed E-state index contributed by atoms with van der Waals surface area (Å²) in [6.45, 7) is 10.5. The third-order valence-electron chi connectivity index (χ3n) is 5.04. The Bertz CT molecular complexity index is 1210. The summed E-state index contributed by atoms with van der Waals surface area (Å²) in [5.41, 5.74) is 3.54. The maximum Gasteiger partial charge on any atom is 0.264 e. The van der Waals surface area contributed by atoms with Crippen molar-refractivity contribution in [3.05, 3.63) is 82.9 Å². The molecule has 3 aromatic rings. The van der Waals surface area contributed by atoms with E-state index in [0.29, 0.717) is 35.1 Å². The molecule has 1 N–H and O–H groups in total. The van der Waals surface area contributed by atoms with Crippen LogP contribution in [0, 0.1) is 13.8 Å². The Hall–Kier alpha value is -2.87. The molecule has 0 saturated heterocycles. The summed E-state index contributed by atoms with van der Waals surface area (Å²) in [5, 5.41) is 3.47. The first kappa shape index (κ1) is 25.7. The summed E-state index contributed by atoms with van der Waals surface area (Å²) in [6, 6.07) is 19.1.